The monoisotopic (exact) mass is 381 g/mol. The maximum Gasteiger partial charge on any atom is 0.294 e. The van der Waals surface area contributed by atoms with Crippen molar-refractivity contribution in [1.29, 1.82) is 0 Å². The standard InChI is InChI=1S/C13H19N5O4.2ClH/c1-16-5-7-17(8-6-16)12-3-2-11(10-15-12)13(19)14-4-9-22-18(20)21;;/h2-3,10H,4-9H2,1H3,(H,14,19);2*1H. The molecule has 136 valence electrons. The van der Waals surface area contributed by atoms with Crippen molar-refractivity contribution >= 4 is 36.5 Å². The minimum Gasteiger partial charge on any atom is -0.354 e. The number of carbonyl (C=O) groups excluding carboxylic acids is 1. The molecule has 1 saturated heterocycles. The van der Waals surface area contributed by atoms with E-state index in [0.717, 1.165) is 32.0 Å². The molecule has 2 heterocycles. The van der Waals surface area contributed by atoms with E-state index < -0.39 is 5.09 Å². The Morgan fingerprint density at radius 1 is 1.33 bits per heavy atom. The van der Waals surface area contributed by atoms with Crippen molar-refractivity contribution in [1.82, 2.24) is 15.2 Å². The van der Waals surface area contributed by atoms with E-state index in [4.69, 9.17) is 0 Å². The lowest BCUT2D eigenvalue weighted by atomic mass is 10.2. The van der Waals surface area contributed by atoms with Gasteiger partial charge in [0.05, 0.1) is 5.56 Å². The van der Waals surface area contributed by atoms with Crippen LogP contribution in [0.2, 0.25) is 0 Å². The average Bonchev–Trinajstić information content (AvgIpc) is 2.52. The lowest BCUT2D eigenvalue weighted by molar-refractivity contribution is -0.757. The van der Waals surface area contributed by atoms with Gasteiger partial charge in [0.2, 0.25) is 0 Å². The number of likely N-dealkylation sites (N-methyl/N-ethyl adjacent to an activating group) is 1. The number of pyridine rings is 1. The Bertz CT molecular complexity index is 524. The molecule has 0 aliphatic carbocycles. The van der Waals surface area contributed by atoms with Gasteiger partial charge in [-0.2, -0.15) is 0 Å². The van der Waals surface area contributed by atoms with Gasteiger partial charge < -0.3 is 20.0 Å². The number of rotatable bonds is 6. The number of aromatic nitrogens is 1. The number of carbonyl (C=O) groups is 1. The molecular formula is C13H21Cl2N5O4. The predicted molar refractivity (Wildman–Crippen MR) is 93.7 cm³/mol. The second-order valence-electron chi connectivity index (χ2n) is 5.01. The normalized spacial score (nSPS) is 14.1. The Morgan fingerprint density at radius 3 is 2.54 bits per heavy atom. The summed E-state index contributed by atoms with van der Waals surface area (Å²) in [5, 5.41) is 11.6. The molecule has 0 atom stereocenters. The molecule has 1 aliphatic rings. The van der Waals surface area contributed by atoms with Crippen LogP contribution in [0.3, 0.4) is 0 Å². The maximum atomic E-state index is 11.8. The lowest BCUT2D eigenvalue weighted by Crippen LogP contribution is -2.44. The number of anilines is 1. The molecule has 0 aromatic carbocycles. The third-order valence-electron chi connectivity index (χ3n) is 3.42. The molecule has 1 N–H and O–H groups in total. The Labute approximate surface area is 152 Å². The van der Waals surface area contributed by atoms with Gasteiger partial charge in [-0.15, -0.1) is 34.9 Å². The number of nitrogens with one attached hydrogen (secondary N) is 1. The third-order valence-corrected chi connectivity index (χ3v) is 3.42. The molecule has 1 aliphatic heterocycles. The highest BCUT2D eigenvalue weighted by Gasteiger charge is 2.15. The van der Waals surface area contributed by atoms with Crippen molar-refractivity contribution < 1.29 is 14.7 Å². The van der Waals surface area contributed by atoms with Gasteiger partial charge in [0, 0.05) is 38.9 Å². The molecule has 1 amide bonds. The molecular weight excluding hydrogens is 361 g/mol. The van der Waals surface area contributed by atoms with Crippen LogP contribution in [0, 0.1) is 10.1 Å². The van der Waals surface area contributed by atoms with E-state index in [-0.39, 0.29) is 43.9 Å². The average molecular weight is 382 g/mol. The molecule has 0 bridgehead atoms. The second-order valence-corrected chi connectivity index (χ2v) is 5.01. The first kappa shape index (κ1) is 22.2. The summed E-state index contributed by atoms with van der Waals surface area (Å²) in [7, 11) is 2.08. The molecule has 9 nitrogen and oxygen atoms in total. The number of hydrogen-bond donors (Lipinski definition) is 1. The number of halogens is 2. The summed E-state index contributed by atoms with van der Waals surface area (Å²) >= 11 is 0. The summed E-state index contributed by atoms with van der Waals surface area (Å²) in [6.07, 6.45) is 1.51. The number of nitrogens with zero attached hydrogens (tertiary/aromatic N) is 4. The highest BCUT2D eigenvalue weighted by atomic mass is 35.5. The van der Waals surface area contributed by atoms with Gasteiger partial charge in [-0.3, -0.25) is 4.79 Å². The number of piperazine rings is 1. The van der Waals surface area contributed by atoms with Crippen LogP contribution < -0.4 is 10.2 Å². The van der Waals surface area contributed by atoms with Crippen molar-refractivity contribution in [3.05, 3.63) is 34.0 Å². The van der Waals surface area contributed by atoms with Crippen LogP contribution in [-0.4, -0.2) is 67.3 Å². The van der Waals surface area contributed by atoms with Gasteiger partial charge in [-0.25, -0.2) is 4.98 Å². The summed E-state index contributed by atoms with van der Waals surface area (Å²) in [4.78, 5) is 34.7. The molecule has 2 rings (SSSR count). The lowest BCUT2D eigenvalue weighted by Gasteiger charge is -2.33. The van der Waals surface area contributed by atoms with Crippen molar-refractivity contribution in [3.8, 4) is 0 Å². The zero-order valence-corrected chi connectivity index (χ0v) is 14.8. The Hall–Kier alpha value is -1.84. The smallest absolute Gasteiger partial charge is 0.294 e. The summed E-state index contributed by atoms with van der Waals surface area (Å²) in [5.41, 5.74) is 0.416. The van der Waals surface area contributed by atoms with Crippen LogP contribution in [0.15, 0.2) is 18.3 Å². The fourth-order valence-corrected chi connectivity index (χ4v) is 2.13. The van der Waals surface area contributed by atoms with E-state index in [1.807, 2.05) is 6.07 Å². The topological polar surface area (TPSA) is 101 Å². The highest BCUT2D eigenvalue weighted by Crippen LogP contribution is 2.13. The van der Waals surface area contributed by atoms with Crippen LogP contribution in [0.1, 0.15) is 10.4 Å². The van der Waals surface area contributed by atoms with Crippen molar-refractivity contribution in [2.24, 2.45) is 0 Å². The number of hydrogen-bond acceptors (Lipinski definition) is 7. The van der Waals surface area contributed by atoms with E-state index >= 15 is 0 Å². The minimum absolute atomic E-state index is 0. The predicted octanol–water partition coefficient (Wildman–Crippen LogP) is 0.615. The quantitative estimate of drug-likeness (QED) is 0.437. The third kappa shape index (κ3) is 6.73. The first-order valence-electron chi connectivity index (χ1n) is 7.01. The van der Waals surface area contributed by atoms with Gasteiger partial charge in [-0.1, -0.05) is 0 Å². The first-order chi connectivity index (χ1) is 10.6. The van der Waals surface area contributed by atoms with Crippen LogP contribution in [-0.2, 0) is 4.84 Å². The molecule has 0 radical (unpaired) electrons. The van der Waals surface area contributed by atoms with Gasteiger partial charge in [-0.05, 0) is 19.2 Å². The van der Waals surface area contributed by atoms with Crippen LogP contribution in [0.5, 0.6) is 0 Å². The van der Waals surface area contributed by atoms with Gasteiger partial charge in [0.25, 0.3) is 11.0 Å². The van der Waals surface area contributed by atoms with Gasteiger partial charge >= 0.3 is 0 Å². The van der Waals surface area contributed by atoms with Crippen LogP contribution in [0.25, 0.3) is 0 Å². The Balaban J connectivity index is 0.00000264. The highest BCUT2D eigenvalue weighted by molar-refractivity contribution is 5.94. The molecule has 1 fully saturated rings. The maximum absolute atomic E-state index is 11.8. The zero-order valence-electron chi connectivity index (χ0n) is 13.2. The molecule has 0 spiro atoms. The minimum atomic E-state index is -0.890. The second kappa shape index (κ2) is 10.8. The summed E-state index contributed by atoms with van der Waals surface area (Å²) in [5.74, 6) is 0.519. The summed E-state index contributed by atoms with van der Waals surface area (Å²) < 4.78 is 0. The fraction of sp³-hybridized carbons (Fsp3) is 0.538. The largest absolute Gasteiger partial charge is 0.354 e. The van der Waals surface area contributed by atoms with E-state index in [2.05, 4.69) is 32.0 Å². The molecule has 24 heavy (non-hydrogen) atoms. The number of amides is 1. The van der Waals surface area contributed by atoms with E-state index in [9.17, 15) is 14.9 Å². The first-order valence-corrected chi connectivity index (χ1v) is 7.01. The Morgan fingerprint density at radius 2 is 2.00 bits per heavy atom. The van der Waals surface area contributed by atoms with Crippen LogP contribution in [0.4, 0.5) is 5.82 Å². The van der Waals surface area contributed by atoms with Gasteiger partial charge in [0.15, 0.2) is 0 Å². The fourth-order valence-electron chi connectivity index (χ4n) is 2.13. The molecule has 1 aromatic rings. The van der Waals surface area contributed by atoms with Crippen molar-refractivity contribution in [2.45, 2.75) is 0 Å². The van der Waals surface area contributed by atoms with Crippen molar-refractivity contribution in [3.63, 3.8) is 0 Å². The van der Waals surface area contributed by atoms with E-state index in [1.54, 1.807) is 6.07 Å². The Kier molecular flexibility index (Phi) is 10.0. The molecule has 11 heteroatoms. The van der Waals surface area contributed by atoms with Gasteiger partial charge in [0.1, 0.15) is 12.4 Å². The zero-order chi connectivity index (χ0) is 15.9. The van der Waals surface area contributed by atoms with E-state index in [0.29, 0.717) is 5.56 Å². The van der Waals surface area contributed by atoms with Crippen molar-refractivity contribution in [2.75, 3.05) is 51.3 Å². The summed E-state index contributed by atoms with van der Waals surface area (Å²) in [6, 6.07) is 3.51. The summed E-state index contributed by atoms with van der Waals surface area (Å²) in [6.45, 7) is 3.69. The molecule has 0 saturated carbocycles. The SMILES string of the molecule is CN1CCN(c2ccc(C(=O)NCCO[N+](=O)[O-])cn2)CC1.Cl.Cl. The van der Waals surface area contributed by atoms with Crippen LogP contribution >= 0.6 is 24.8 Å². The molecule has 1 aromatic heterocycles. The van der Waals surface area contributed by atoms with E-state index in [1.165, 1.54) is 6.20 Å². The molecule has 0 unspecified atom stereocenters.